The van der Waals surface area contributed by atoms with Crippen molar-refractivity contribution in [2.24, 2.45) is 7.05 Å². The van der Waals surface area contributed by atoms with Crippen molar-refractivity contribution in [3.8, 4) is 5.13 Å². The number of imidazole rings is 1. The molecule has 26 heavy (non-hydrogen) atoms. The third kappa shape index (κ3) is 2.43. The van der Waals surface area contributed by atoms with Crippen molar-refractivity contribution in [2.45, 2.75) is 20.4 Å². The van der Waals surface area contributed by atoms with E-state index in [1.807, 2.05) is 54.1 Å². The summed E-state index contributed by atoms with van der Waals surface area (Å²) in [6.45, 7) is 3.88. The minimum Gasteiger partial charge on any atom is -0.295 e. The van der Waals surface area contributed by atoms with Crippen LogP contribution in [0.25, 0.3) is 16.2 Å². The fourth-order valence-electron chi connectivity index (χ4n) is 3.41. The first-order chi connectivity index (χ1) is 12.5. The third-order valence-corrected chi connectivity index (χ3v) is 5.45. The van der Waals surface area contributed by atoms with Crippen LogP contribution in [0.15, 0.2) is 46.7 Å². The van der Waals surface area contributed by atoms with E-state index < -0.39 is 0 Å². The minimum absolute atomic E-state index is 0.0162. The van der Waals surface area contributed by atoms with Crippen LogP contribution < -0.4 is 5.69 Å². The van der Waals surface area contributed by atoms with Crippen molar-refractivity contribution in [3.05, 3.63) is 69.3 Å². The number of thiazole rings is 1. The molecule has 0 saturated heterocycles. The molecule has 0 aliphatic rings. The highest BCUT2D eigenvalue weighted by Crippen LogP contribution is 2.23. The van der Waals surface area contributed by atoms with Crippen LogP contribution in [-0.2, 0) is 13.6 Å². The lowest BCUT2D eigenvalue weighted by Crippen LogP contribution is -2.25. The van der Waals surface area contributed by atoms with Gasteiger partial charge in [-0.05, 0) is 32.0 Å². The van der Waals surface area contributed by atoms with Crippen LogP contribution in [0.3, 0.4) is 0 Å². The summed E-state index contributed by atoms with van der Waals surface area (Å²) in [4.78, 5) is 29.9. The molecule has 0 atom stereocenters. The normalized spacial score (nSPS) is 11.3. The number of aromatic nitrogens is 4. The van der Waals surface area contributed by atoms with E-state index in [4.69, 9.17) is 0 Å². The van der Waals surface area contributed by atoms with E-state index in [-0.39, 0.29) is 18.0 Å². The van der Waals surface area contributed by atoms with E-state index in [1.165, 1.54) is 15.9 Å². The highest BCUT2D eigenvalue weighted by atomic mass is 32.1. The van der Waals surface area contributed by atoms with Crippen molar-refractivity contribution in [1.82, 2.24) is 18.7 Å². The number of carbonyl (C=O) groups is 1. The largest absolute Gasteiger partial charge is 0.329 e. The topological polar surface area (TPSA) is 61.8 Å². The number of Topliss-reactive ketones (excluding diaryl/α,β-unsaturated/α-hetero) is 1. The van der Waals surface area contributed by atoms with Crippen molar-refractivity contribution < 1.29 is 4.79 Å². The van der Waals surface area contributed by atoms with Gasteiger partial charge in [-0.25, -0.2) is 9.78 Å². The number of para-hydroxylation sites is 2. The fourth-order valence-corrected chi connectivity index (χ4v) is 4.16. The maximum atomic E-state index is 13.0. The first-order valence-electron chi connectivity index (χ1n) is 8.25. The van der Waals surface area contributed by atoms with E-state index in [0.717, 1.165) is 27.6 Å². The SMILES string of the molecule is Cc1cc(C(=O)Cn2c(=O)n(C)c3ccccc32)c(C)n1-c1nccs1. The molecule has 0 radical (unpaired) electrons. The molecule has 0 aliphatic heterocycles. The van der Waals surface area contributed by atoms with Crippen LogP contribution in [0.2, 0.25) is 0 Å². The van der Waals surface area contributed by atoms with Gasteiger partial charge in [-0.3, -0.25) is 18.5 Å². The van der Waals surface area contributed by atoms with Crippen molar-refractivity contribution in [2.75, 3.05) is 0 Å². The average Bonchev–Trinajstić information content (AvgIpc) is 3.31. The summed E-state index contributed by atoms with van der Waals surface area (Å²) in [7, 11) is 1.72. The second kappa shape index (κ2) is 6.10. The van der Waals surface area contributed by atoms with Gasteiger partial charge in [0, 0.05) is 35.6 Å². The maximum absolute atomic E-state index is 13.0. The molecular weight excluding hydrogens is 348 g/mol. The molecule has 3 aromatic heterocycles. The highest BCUT2D eigenvalue weighted by molar-refractivity contribution is 7.12. The Morgan fingerprint density at radius 2 is 1.92 bits per heavy atom. The third-order valence-electron chi connectivity index (χ3n) is 4.70. The molecule has 0 fully saturated rings. The molecular formula is C19H18N4O2S. The fraction of sp³-hybridized carbons (Fsp3) is 0.211. The summed E-state index contributed by atoms with van der Waals surface area (Å²) in [6.07, 6.45) is 1.75. The van der Waals surface area contributed by atoms with Crippen molar-refractivity contribution >= 4 is 28.2 Å². The van der Waals surface area contributed by atoms with Gasteiger partial charge < -0.3 is 0 Å². The minimum atomic E-state index is -0.187. The standard InChI is InChI=1S/C19H18N4O2S/c1-12-10-14(13(2)23(12)18-20-8-9-26-18)17(24)11-22-16-7-5-4-6-15(16)21(3)19(22)25/h4-10H,11H2,1-3H3. The van der Waals surface area contributed by atoms with Crippen LogP contribution in [0.4, 0.5) is 0 Å². The van der Waals surface area contributed by atoms with Gasteiger partial charge in [0.05, 0.1) is 17.6 Å². The number of nitrogens with zero attached hydrogens (tertiary/aromatic N) is 4. The van der Waals surface area contributed by atoms with E-state index >= 15 is 0 Å². The van der Waals surface area contributed by atoms with E-state index in [1.54, 1.807) is 17.8 Å². The number of aryl methyl sites for hydroxylation is 2. The molecule has 0 N–H and O–H groups in total. The quantitative estimate of drug-likeness (QED) is 0.522. The molecule has 1 aromatic carbocycles. The van der Waals surface area contributed by atoms with Gasteiger partial charge in [0.25, 0.3) is 0 Å². The monoisotopic (exact) mass is 366 g/mol. The zero-order valence-electron chi connectivity index (χ0n) is 14.8. The molecule has 0 aliphatic carbocycles. The predicted molar refractivity (Wildman–Crippen MR) is 102 cm³/mol. The van der Waals surface area contributed by atoms with E-state index in [2.05, 4.69) is 4.98 Å². The molecule has 0 amide bonds. The Hall–Kier alpha value is -2.93. The molecule has 4 rings (SSSR count). The summed E-state index contributed by atoms with van der Waals surface area (Å²) < 4.78 is 5.08. The molecule has 6 nitrogen and oxygen atoms in total. The number of hydrogen-bond acceptors (Lipinski definition) is 4. The Morgan fingerprint density at radius 1 is 1.19 bits per heavy atom. The van der Waals surface area contributed by atoms with Crippen LogP contribution in [0.1, 0.15) is 21.7 Å². The number of ketones is 1. The first kappa shape index (κ1) is 16.5. The van der Waals surface area contributed by atoms with Crippen LogP contribution >= 0.6 is 11.3 Å². The van der Waals surface area contributed by atoms with Crippen LogP contribution in [-0.4, -0.2) is 24.5 Å². The first-order valence-corrected chi connectivity index (χ1v) is 9.13. The van der Waals surface area contributed by atoms with Crippen LogP contribution in [0.5, 0.6) is 0 Å². The molecule has 4 aromatic rings. The van der Waals surface area contributed by atoms with Gasteiger partial charge in [-0.1, -0.05) is 12.1 Å². The molecule has 0 spiro atoms. The van der Waals surface area contributed by atoms with Gasteiger partial charge in [0.2, 0.25) is 0 Å². The zero-order valence-corrected chi connectivity index (χ0v) is 15.6. The van der Waals surface area contributed by atoms with Gasteiger partial charge >= 0.3 is 5.69 Å². The molecule has 0 saturated carbocycles. The number of rotatable bonds is 4. The second-order valence-corrected chi connectivity index (χ2v) is 7.15. The highest BCUT2D eigenvalue weighted by Gasteiger charge is 2.20. The van der Waals surface area contributed by atoms with Crippen LogP contribution in [0, 0.1) is 13.8 Å². The molecule has 3 heterocycles. The number of benzene rings is 1. The number of hydrogen-bond donors (Lipinski definition) is 0. The molecule has 0 unspecified atom stereocenters. The van der Waals surface area contributed by atoms with Gasteiger partial charge in [0.1, 0.15) is 0 Å². The maximum Gasteiger partial charge on any atom is 0.329 e. The van der Waals surface area contributed by atoms with Gasteiger partial charge in [-0.15, -0.1) is 11.3 Å². The Morgan fingerprint density at radius 3 is 2.62 bits per heavy atom. The summed E-state index contributed by atoms with van der Waals surface area (Å²) in [5.41, 5.74) is 3.81. The van der Waals surface area contributed by atoms with Gasteiger partial charge in [-0.2, -0.15) is 0 Å². The number of carbonyl (C=O) groups excluding carboxylic acids is 1. The van der Waals surface area contributed by atoms with E-state index in [0.29, 0.717) is 5.56 Å². The Bertz CT molecular complexity index is 1180. The summed E-state index contributed by atoms with van der Waals surface area (Å²) in [5, 5.41) is 2.74. The Labute approximate surface area is 154 Å². The Kier molecular flexibility index (Phi) is 3.88. The average molecular weight is 366 g/mol. The van der Waals surface area contributed by atoms with Crippen molar-refractivity contribution in [1.29, 1.82) is 0 Å². The van der Waals surface area contributed by atoms with Crippen molar-refractivity contribution in [3.63, 3.8) is 0 Å². The molecule has 0 bridgehead atoms. The number of fused-ring (bicyclic) bond motifs is 1. The van der Waals surface area contributed by atoms with Gasteiger partial charge in [0.15, 0.2) is 10.9 Å². The lowest BCUT2D eigenvalue weighted by atomic mass is 10.1. The lowest BCUT2D eigenvalue weighted by molar-refractivity contribution is 0.0971. The summed E-state index contributed by atoms with van der Waals surface area (Å²) in [5.74, 6) is -0.0839. The second-order valence-electron chi connectivity index (χ2n) is 6.27. The zero-order chi connectivity index (χ0) is 18.4. The molecule has 7 heteroatoms. The molecule has 132 valence electrons. The Balaban J connectivity index is 1.76. The van der Waals surface area contributed by atoms with E-state index in [9.17, 15) is 9.59 Å². The summed E-state index contributed by atoms with van der Waals surface area (Å²) in [6, 6.07) is 9.37. The smallest absolute Gasteiger partial charge is 0.295 e. The predicted octanol–water partition coefficient (Wildman–Crippen LogP) is 3.09. The summed E-state index contributed by atoms with van der Waals surface area (Å²) >= 11 is 1.52. The lowest BCUT2D eigenvalue weighted by Gasteiger charge is -2.06.